The lowest BCUT2D eigenvalue weighted by molar-refractivity contribution is 0.205. The Morgan fingerprint density at radius 1 is 1.45 bits per heavy atom. The highest BCUT2D eigenvalue weighted by Crippen LogP contribution is 2.34. The van der Waals surface area contributed by atoms with E-state index in [2.05, 4.69) is 29.1 Å². The molecule has 4 nitrogen and oxygen atoms in total. The minimum Gasteiger partial charge on any atom is -0.308 e. The Morgan fingerprint density at radius 2 is 2.20 bits per heavy atom. The lowest BCUT2D eigenvalue weighted by Gasteiger charge is -2.34. The third kappa shape index (κ3) is 2.94. The smallest absolute Gasteiger partial charge is 0.268 e. The molecule has 0 atom stereocenters. The SMILES string of the molecule is CC1(C)CCC(NCc2nc3ccsc3c(=O)[nH]2)CC1. The van der Waals surface area contributed by atoms with Gasteiger partial charge >= 0.3 is 0 Å². The maximum atomic E-state index is 11.9. The van der Waals surface area contributed by atoms with E-state index in [0.717, 1.165) is 11.3 Å². The van der Waals surface area contributed by atoms with Crippen LogP contribution in [0.15, 0.2) is 16.2 Å². The van der Waals surface area contributed by atoms with Crippen LogP contribution in [-0.2, 0) is 6.54 Å². The third-order valence-electron chi connectivity index (χ3n) is 4.26. The van der Waals surface area contributed by atoms with E-state index >= 15 is 0 Å². The van der Waals surface area contributed by atoms with Gasteiger partial charge in [0.25, 0.3) is 5.56 Å². The number of fused-ring (bicyclic) bond motifs is 1. The van der Waals surface area contributed by atoms with E-state index < -0.39 is 0 Å². The van der Waals surface area contributed by atoms with Gasteiger partial charge in [-0.25, -0.2) is 4.98 Å². The molecule has 0 spiro atoms. The van der Waals surface area contributed by atoms with Gasteiger partial charge in [-0.2, -0.15) is 0 Å². The van der Waals surface area contributed by atoms with Gasteiger partial charge in [-0.1, -0.05) is 13.8 Å². The number of H-pyrrole nitrogens is 1. The van der Waals surface area contributed by atoms with Crippen LogP contribution >= 0.6 is 11.3 Å². The second-order valence-corrected chi connectivity index (χ2v) is 7.38. The number of aromatic amines is 1. The van der Waals surface area contributed by atoms with Crippen LogP contribution in [0.3, 0.4) is 0 Å². The van der Waals surface area contributed by atoms with Gasteiger partial charge in [0.15, 0.2) is 0 Å². The van der Waals surface area contributed by atoms with Crippen LogP contribution in [0.25, 0.3) is 10.2 Å². The van der Waals surface area contributed by atoms with Crippen LogP contribution < -0.4 is 10.9 Å². The van der Waals surface area contributed by atoms with Gasteiger partial charge in [0.2, 0.25) is 0 Å². The minimum absolute atomic E-state index is 0.0217. The normalized spacial score (nSPS) is 19.5. The van der Waals surface area contributed by atoms with E-state index in [1.165, 1.54) is 37.0 Å². The largest absolute Gasteiger partial charge is 0.308 e. The van der Waals surface area contributed by atoms with Crippen molar-refractivity contribution in [3.05, 3.63) is 27.6 Å². The monoisotopic (exact) mass is 291 g/mol. The first-order valence-corrected chi connectivity index (χ1v) is 8.11. The molecule has 0 unspecified atom stereocenters. The molecule has 1 aliphatic carbocycles. The van der Waals surface area contributed by atoms with Crippen molar-refractivity contribution in [3.63, 3.8) is 0 Å². The first-order valence-electron chi connectivity index (χ1n) is 7.23. The predicted octanol–water partition coefficient (Wildman–Crippen LogP) is 3.04. The summed E-state index contributed by atoms with van der Waals surface area (Å²) in [6.45, 7) is 5.33. The average molecular weight is 291 g/mol. The van der Waals surface area contributed by atoms with Crippen LogP contribution in [0, 0.1) is 5.41 Å². The molecule has 0 amide bonds. The Bertz CT molecular complexity index is 648. The first kappa shape index (κ1) is 13.8. The van der Waals surface area contributed by atoms with Crippen molar-refractivity contribution in [1.29, 1.82) is 0 Å². The Kier molecular flexibility index (Phi) is 3.65. The summed E-state index contributed by atoms with van der Waals surface area (Å²) in [7, 11) is 0. The third-order valence-corrected chi connectivity index (χ3v) is 5.16. The Hall–Kier alpha value is -1.20. The molecule has 3 rings (SSSR count). The molecule has 108 valence electrons. The van der Waals surface area contributed by atoms with Crippen molar-refractivity contribution < 1.29 is 0 Å². The van der Waals surface area contributed by atoms with Gasteiger partial charge in [0, 0.05) is 6.04 Å². The van der Waals surface area contributed by atoms with E-state index in [0.29, 0.717) is 22.7 Å². The molecule has 1 fully saturated rings. The fraction of sp³-hybridized carbons (Fsp3) is 0.600. The van der Waals surface area contributed by atoms with Gasteiger partial charge in [-0.15, -0.1) is 11.3 Å². The Morgan fingerprint density at radius 3 is 2.95 bits per heavy atom. The molecular weight excluding hydrogens is 270 g/mol. The molecule has 0 aliphatic heterocycles. The molecular formula is C15H21N3OS. The van der Waals surface area contributed by atoms with Gasteiger partial charge in [0.05, 0.1) is 12.1 Å². The lowest BCUT2D eigenvalue weighted by atomic mass is 9.75. The number of aromatic nitrogens is 2. The summed E-state index contributed by atoms with van der Waals surface area (Å²) in [5.74, 6) is 0.741. The summed E-state index contributed by atoms with van der Waals surface area (Å²) in [4.78, 5) is 19.3. The molecule has 2 aromatic heterocycles. The molecule has 20 heavy (non-hydrogen) atoms. The highest BCUT2D eigenvalue weighted by molar-refractivity contribution is 7.17. The highest BCUT2D eigenvalue weighted by Gasteiger charge is 2.26. The fourth-order valence-corrected chi connectivity index (χ4v) is 3.58. The molecule has 5 heteroatoms. The number of nitrogens with zero attached hydrogens (tertiary/aromatic N) is 1. The number of thiophene rings is 1. The van der Waals surface area contributed by atoms with Crippen LogP contribution in [-0.4, -0.2) is 16.0 Å². The van der Waals surface area contributed by atoms with Crippen LogP contribution in [0.5, 0.6) is 0 Å². The maximum Gasteiger partial charge on any atom is 0.268 e. The van der Waals surface area contributed by atoms with Gasteiger partial charge in [0.1, 0.15) is 10.5 Å². The molecule has 2 N–H and O–H groups in total. The van der Waals surface area contributed by atoms with Crippen molar-refractivity contribution in [2.75, 3.05) is 0 Å². The van der Waals surface area contributed by atoms with Crippen molar-refractivity contribution in [3.8, 4) is 0 Å². The number of hydrogen-bond donors (Lipinski definition) is 2. The zero-order chi connectivity index (χ0) is 14.2. The van der Waals surface area contributed by atoms with Crippen molar-refractivity contribution >= 4 is 21.6 Å². The summed E-state index contributed by atoms with van der Waals surface area (Å²) in [6, 6.07) is 2.45. The van der Waals surface area contributed by atoms with Crippen LogP contribution in [0.4, 0.5) is 0 Å². The average Bonchev–Trinajstić information content (AvgIpc) is 2.86. The van der Waals surface area contributed by atoms with E-state index in [4.69, 9.17) is 0 Å². The van der Waals surface area contributed by atoms with E-state index in [1.54, 1.807) is 0 Å². The molecule has 2 heterocycles. The van der Waals surface area contributed by atoms with Crippen molar-refractivity contribution in [1.82, 2.24) is 15.3 Å². The Balaban J connectivity index is 1.64. The molecule has 0 bridgehead atoms. The predicted molar refractivity (Wildman–Crippen MR) is 83.1 cm³/mol. The molecule has 0 aromatic carbocycles. The second kappa shape index (κ2) is 5.30. The number of rotatable bonds is 3. The standard InChI is InChI=1S/C15H21N3OS/c1-15(2)6-3-10(4-7-15)16-9-12-17-11-5-8-20-13(11)14(19)18-12/h5,8,10,16H,3-4,6-7,9H2,1-2H3,(H,17,18,19). The van der Waals surface area contributed by atoms with E-state index in [9.17, 15) is 4.79 Å². The van der Waals surface area contributed by atoms with Gasteiger partial charge in [-0.05, 0) is 42.5 Å². The number of nitrogens with one attached hydrogen (secondary N) is 2. The zero-order valence-electron chi connectivity index (χ0n) is 12.0. The minimum atomic E-state index is -0.0217. The van der Waals surface area contributed by atoms with Crippen molar-refractivity contribution in [2.45, 2.75) is 52.1 Å². The summed E-state index contributed by atoms with van der Waals surface area (Å²) in [6.07, 6.45) is 4.94. The summed E-state index contributed by atoms with van der Waals surface area (Å²) in [5, 5.41) is 5.44. The van der Waals surface area contributed by atoms with Gasteiger partial charge in [-0.3, -0.25) is 4.79 Å². The molecule has 0 radical (unpaired) electrons. The first-order chi connectivity index (χ1) is 9.53. The molecule has 1 saturated carbocycles. The maximum absolute atomic E-state index is 11.9. The van der Waals surface area contributed by atoms with Crippen LogP contribution in [0.2, 0.25) is 0 Å². The summed E-state index contributed by atoms with van der Waals surface area (Å²) in [5.41, 5.74) is 1.27. The number of hydrogen-bond acceptors (Lipinski definition) is 4. The fourth-order valence-electron chi connectivity index (χ4n) is 2.85. The van der Waals surface area contributed by atoms with E-state index in [-0.39, 0.29) is 5.56 Å². The quantitative estimate of drug-likeness (QED) is 0.914. The summed E-state index contributed by atoms with van der Waals surface area (Å²) < 4.78 is 0.716. The van der Waals surface area contributed by atoms with Crippen molar-refractivity contribution in [2.24, 2.45) is 5.41 Å². The molecule has 0 saturated heterocycles. The molecule has 2 aromatic rings. The Labute approximate surface area is 122 Å². The lowest BCUT2D eigenvalue weighted by Crippen LogP contribution is -2.35. The van der Waals surface area contributed by atoms with Crippen LogP contribution in [0.1, 0.15) is 45.4 Å². The zero-order valence-corrected chi connectivity index (χ0v) is 12.8. The summed E-state index contributed by atoms with van der Waals surface area (Å²) >= 11 is 1.44. The highest BCUT2D eigenvalue weighted by atomic mass is 32.1. The van der Waals surface area contributed by atoms with Gasteiger partial charge < -0.3 is 10.3 Å². The second-order valence-electron chi connectivity index (χ2n) is 6.47. The topological polar surface area (TPSA) is 57.8 Å². The molecule has 1 aliphatic rings. The van der Waals surface area contributed by atoms with E-state index in [1.807, 2.05) is 11.4 Å².